The Hall–Kier alpha value is -1.77. The van der Waals surface area contributed by atoms with E-state index in [2.05, 4.69) is 36.0 Å². The first-order valence-electron chi connectivity index (χ1n) is 6.69. The maximum atomic E-state index is 12.5. The first-order valence-corrected chi connectivity index (χ1v) is 7.48. The van der Waals surface area contributed by atoms with Crippen LogP contribution >= 0.6 is 15.9 Å². The third-order valence-corrected chi connectivity index (χ3v) is 3.65. The molecule has 0 fully saturated rings. The van der Waals surface area contributed by atoms with E-state index in [0.717, 1.165) is 6.42 Å². The molecule has 0 atom stereocenters. The molecule has 0 spiro atoms. The zero-order valence-corrected chi connectivity index (χ0v) is 13.0. The van der Waals surface area contributed by atoms with Crippen molar-refractivity contribution in [1.82, 2.24) is 29.1 Å². The van der Waals surface area contributed by atoms with Crippen LogP contribution in [0, 0.1) is 6.92 Å². The maximum absolute atomic E-state index is 12.5. The summed E-state index contributed by atoms with van der Waals surface area (Å²) in [4.78, 5) is 24.1. The van der Waals surface area contributed by atoms with Gasteiger partial charge in [-0.3, -0.25) is 8.96 Å². The Morgan fingerprint density at radius 2 is 2.05 bits per heavy atom. The minimum atomic E-state index is -0.334. The fourth-order valence-electron chi connectivity index (χ4n) is 2.34. The summed E-state index contributed by atoms with van der Waals surface area (Å²) in [6.45, 7) is 1.87. The number of nitrogens with one attached hydrogen (secondary N) is 1. The molecule has 0 aliphatic rings. The fraction of sp³-hybridized carbons (Fsp3) is 0.500. The lowest BCUT2D eigenvalue weighted by molar-refractivity contribution is 0.446. The highest BCUT2D eigenvalue weighted by molar-refractivity contribution is 9.10. The molecule has 21 heavy (non-hydrogen) atoms. The van der Waals surface area contributed by atoms with Crippen molar-refractivity contribution in [3.8, 4) is 0 Å². The minimum absolute atomic E-state index is 0.280. The molecule has 112 valence electrons. The molecule has 0 radical (unpaired) electrons. The van der Waals surface area contributed by atoms with Gasteiger partial charge in [-0.25, -0.2) is 14.8 Å². The molecule has 0 saturated carbocycles. The molecule has 3 aromatic heterocycles. The van der Waals surface area contributed by atoms with E-state index in [0.29, 0.717) is 46.8 Å². The van der Waals surface area contributed by atoms with Gasteiger partial charge >= 0.3 is 5.69 Å². The van der Waals surface area contributed by atoms with Crippen molar-refractivity contribution in [2.75, 3.05) is 6.67 Å². The highest BCUT2D eigenvalue weighted by Gasteiger charge is 2.16. The molecule has 0 bridgehead atoms. The molecule has 3 rings (SSSR count). The summed E-state index contributed by atoms with van der Waals surface area (Å²) >= 11 is 3.28. The number of imidazole rings is 1. The Bertz CT molecular complexity index is 851. The minimum Gasteiger partial charge on any atom is -0.328 e. The predicted molar refractivity (Wildman–Crippen MR) is 79.2 cm³/mol. The number of hydrogen-bond acceptors (Lipinski definition) is 4. The largest absolute Gasteiger partial charge is 0.352 e. The standard InChI is InChI=1S/C12H14BrFN6O/c1-7-15-10-8-9(17-11(13)16-8)19(6-4-2-3-5-14)12(21)20(10)18-7/h2-6H2,1H3,(H,16,17). The van der Waals surface area contributed by atoms with Crippen LogP contribution in [0.1, 0.15) is 25.1 Å². The highest BCUT2D eigenvalue weighted by Crippen LogP contribution is 2.18. The lowest BCUT2D eigenvalue weighted by Crippen LogP contribution is -2.28. The molecule has 0 aliphatic heterocycles. The average molecular weight is 357 g/mol. The molecule has 0 saturated heterocycles. The van der Waals surface area contributed by atoms with E-state index < -0.39 is 0 Å². The lowest BCUT2D eigenvalue weighted by Gasteiger charge is -2.06. The number of fused-ring (bicyclic) bond motifs is 3. The van der Waals surface area contributed by atoms with Crippen molar-refractivity contribution in [2.24, 2.45) is 0 Å². The van der Waals surface area contributed by atoms with Crippen LogP contribution in [0.3, 0.4) is 0 Å². The van der Waals surface area contributed by atoms with Crippen LogP contribution in [0.15, 0.2) is 9.53 Å². The van der Waals surface area contributed by atoms with Gasteiger partial charge in [0.2, 0.25) is 0 Å². The van der Waals surface area contributed by atoms with Crippen LogP contribution in [-0.2, 0) is 6.54 Å². The van der Waals surface area contributed by atoms with Gasteiger partial charge in [-0.2, -0.15) is 4.52 Å². The summed E-state index contributed by atoms with van der Waals surface area (Å²) in [6, 6.07) is 0. The van der Waals surface area contributed by atoms with E-state index in [1.165, 1.54) is 4.52 Å². The third-order valence-electron chi connectivity index (χ3n) is 3.28. The number of aromatic nitrogens is 6. The van der Waals surface area contributed by atoms with E-state index in [4.69, 9.17) is 0 Å². The second-order valence-electron chi connectivity index (χ2n) is 4.80. The molecular weight excluding hydrogens is 343 g/mol. The number of hydrogen-bond donors (Lipinski definition) is 1. The van der Waals surface area contributed by atoms with Crippen LogP contribution in [0.5, 0.6) is 0 Å². The van der Waals surface area contributed by atoms with E-state index in [-0.39, 0.29) is 12.4 Å². The second-order valence-corrected chi connectivity index (χ2v) is 5.56. The summed E-state index contributed by atoms with van der Waals surface area (Å²) < 4.78 is 15.5. The smallest absolute Gasteiger partial charge is 0.328 e. The number of H-pyrrole nitrogens is 1. The topological polar surface area (TPSA) is 80.9 Å². The van der Waals surface area contributed by atoms with Gasteiger partial charge in [-0.1, -0.05) is 0 Å². The Morgan fingerprint density at radius 1 is 1.24 bits per heavy atom. The van der Waals surface area contributed by atoms with Gasteiger partial charge in [0, 0.05) is 6.54 Å². The van der Waals surface area contributed by atoms with Gasteiger partial charge in [0.1, 0.15) is 11.3 Å². The summed E-state index contributed by atoms with van der Waals surface area (Å²) in [5, 5.41) is 4.13. The Kier molecular flexibility index (Phi) is 3.75. The molecule has 3 aromatic rings. The van der Waals surface area contributed by atoms with Gasteiger partial charge in [-0.05, 0) is 42.1 Å². The van der Waals surface area contributed by atoms with Crippen molar-refractivity contribution in [3.05, 3.63) is 21.0 Å². The summed E-state index contributed by atoms with van der Waals surface area (Å²) in [5.74, 6) is 0.523. The molecule has 0 amide bonds. The van der Waals surface area contributed by atoms with Crippen LogP contribution in [0.4, 0.5) is 4.39 Å². The molecule has 0 unspecified atom stereocenters. The molecule has 7 nitrogen and oxygen atoms in total. The number of halogens is 2. The first kappa shape index (κ1) is 14.2. The van der Waals surface area contributed by atoms with Crippen LogP contribution < -0.4 is 5.69 Å². The SMILES string of the molecule is Cc1nc2c3[nH]c(Br)nc3n(CCCCCF)c(=O)n2n1. The van der Waals surface area contributed by atoms with Crippen molar-refractivity contribution in [2.45, 2.75) is 32.7 Å². The third kappa shape index (κ3) is 2.45. The average Bonchev–Trinajstić information content (AvgIpc) is 3.01. The highest BCUT2D eigenvalue weighted by atomic mass is 79.9. The number of aryl methyl sites for hydroxylation is 2. The zero-order valence-electron chi connectivity index (χ0n) is 11.4. The molecule has 0 aromatic carbocycles. The van der Waals surface area contributed by atoms with Gasteiger partial charge in [0.25, 0.3) is 0 Å². The summed E-state index contributed by atoms with van der Waals surface area (Å²) in [6.07, 6.45) is 1.94. The van der Waals surface area contributed by atoms with Crippen molar-refractivity contribution >= 4 is 32.7 Å². The van der Waals surface area contributed by atoms with Gasteiger partial charge in [-0.15, -0.1) is 5.10 Å². The zero-order chi connectivity index (χ0) is 15.0. The van der Waals surface area contributed by atoms with Crippen LogP contribution in [-0.4, -0.2) is 35.8 Å². The van der Waals surface area contributed by atoms with Gasteiger partial charge in [0.15, 0.2) is 16.0 Å². The molecule has 0 aliphatic carbocycles. The van der Waals surface area contributed by atoms with Gasteiger partial charge < -0.3 is 4.98 Å². The molecule has 3 heterocycles. The Morgan fingerprint density at radius 3 is 2.81 bits per heavy atom. The van der Waals surface area contributed by atoms with Gasteiger partial charge in [0.05, 0.1) is 6.67 Å². The monoisotopic (exact) mass is 356 g/mol. The number of rotatable bonds is 5. The second kappa shape index (κ2) is 5.55. The summed E-state index contributed by atoms with van der Waals surface area (Å²) in [7, 11) is 0. The predicted octanol–water partition coefficient (Wildman–Crippen LogP) is 1.98. The first-order chi connectivity index (χ1) is 10.1. The summed E-state index contributed by atoms with van der Waals surface area (Å²) in [5.41, 5.74) is 1.38. The normalized spacial score (nSPS) is 11.8. The van der Waals surface area contributed by atoms with Crippen LogP contribution in [0.2, 0.25) is 0 Å². The van der Waals surface area contributed by atoms with Crippen molar-refractivity contribution in [3.63, 3.8) is 0 Å². The maximum Gasteiger partial charge on any atom is 0.352 e. The molecular formula is C12H14BrFN6O. The number of nitrogens with zero attached hydrogens (tertiary/aromatic N) is 5. The Balaban J connectivity index is 2.15. The van der Waals surface area contributed by atoms with E-state index in [1.807, 2.05) is 0 Å². The Labute approximate surface area is 127 Å². The van der Waals surface area contributed by atoms with E-state index in [9.17, 15) is 9.18 Å². The van der Waals surface area contributed by atoms with Crippen LogP contribution in [0.25, 0.3) is 16.8 Å². The van der Waals surface area contributed by atoms with Crippen molar-refractivity contribution in [1.29, 1.82) is 0 Å². The number of alkyl halides is 1. The quantitative estimate of drug-likeness (QED) is 0.559. The lowest BCUT2D eigenvalue weighted by atomic mass is 10.2. The van der Waals surface area contributed by atoms with Crippen molar-refractivity contribution < 1.29 is 4.39 Å². The molecule has 1 N–H and O–H groups in total. The van der Waals surface area contributed by atoms with E-state index >= 15 is 0 Å². The number of unbranched alkanes of at least 4 members (excludes halogenated alkanes) is 2. The fourth-order valence-corrected chi connectivity index (χ4v) is 2.71. The van der Waals surface area contributed by atoms with E-state index in [1.54, 1.807) is 11.5 Å². The molecule has 9 heteroatoms. The number of aromatic amines is 1.